The molecule has 3 aromatic carbocycles. The summed E-state index contributed by atoms with van der Waals surface area (Å²) in [5.74, 6) is -1.61. The molecule has 3 aromatic rings. The van der Waals surface area contributed by atoms with Crippen LogP contribution >= 0.6 is 23.2 Å². The number of carbonyl (C=O) groups is 2. The van der Waals surface area contributed by atoms with Crippen LogP contribution in [0.4, 0.5) is 10.1 Å². The Morgan fingerprint density at radius 2 is 1.60 bits per heavy atom. The average Bonchev–Trinajstić information content (AvgIpc) is 2.91. The van der Waals surface area contributed by atoms with E-state index in [1.807, 2.05) is 20.8 Å². The molecule has 0 saturated heterocycles. The van der Waals surface area contributed by atoms with E-state index in [0.717, 1.165) is 22.0 Å². The third kappa shape index (κ3) is 7.74. The van der Waals surface area contributed by atoms with Crippen LogP contribution in [0.1, 0.15) is 38.3 Å². The lowest BCUT2D eigenvalue weighted by atomic mass is 10.1. The fourth-order valence-electron chi connectivity index (χ4n) is 3.86. The van der Waals surface area contributed by atoms with Gasteiger partial charge in [0, 0.05) is 22.6 Å². The molecule has 7 nitrogen and oxygen atoms in total. The maximum atomic E-state index is 13.9. The smallest absolute Gasteiger partial charge is 0.264 e. The van der Waals surface area contributed by atoms with Gasteiger partial charge in [-0.1, -0.05) is 53.9 Å². The number of nitrogens with zero attached hydrogens (tertiary/aromatic N) is 2. The van der Waals surface area contributed by atoms with Gasteiger partial charge in [-0.05, 0) is 81.3 Å². The molecule has 0 radical (unpaired) electrons. The minimum atomic E-state index is -4.25. The number of aryl methyl sites for hydroxylation is 1. The summed E-state index contributed by atoms with van der Waals surface area (Å²) in [6, 6.07) is 14.7. The van der Waals surface area contributed by atoms with Gasteiger partial charge in [-0.2, -0.15) is 0 Å². The maximum Gasteiger partial charge on any atom is 0.264 e. The Morgan fingerprint density at radius 3 is 2.17 bits per heavy atom. The molecule has 40 heavy (non-hydrogen) atoms. The van der Waals surface area contributed by atoms with Gasteiger partial charge in [0.05, 0.1) is 10.6 Å². The highest BCUT2D eigenvalue weighted by Crippen LogP contribution is 2.27. The standard InChI is InChI=1S/C29H32Cl2FN3O4S/c1-5-20(3)33-29(37)21(4)34(17-22-8-9-23(30)16-27(22)31)28(36)18-35(25-12-10-24(32)11-13-25)40(38,39)26-14-6-19(2)7-15-26/h6-16,20-21H,5,17-18H2,1-4H3,(H,33,37)/t20-,21+/m1/s1. The monoisotopic (exact) mass is 607 g/mol. The van der Waals surface area contributed by atoms with Crippen molar-refractivity contribution in [3.8, 4) is 0 Å². The summed E-state index contributed by atoms with van der Waals surface area (Å²) in [4.78, 5) is 28.2. The number of rotatable bonds is 11. The van der Waals surface area contributed by atoms with Gasteiger partial charge in [-0.3, -0.25) is 13.9 Å². The summed E-state index contributed by atoms with van der Waals surface area (Å²) < 4.78 is 42.2. The van der Waals surface area contributed by atoms with E-state index in [-0.39, 0.29) is 23.2 Å². The molecule has 0 bridgehead atoms. The Bertz CT molecular complexity index is 1450. The van der Waals surface area contributed by atoms with E-state index in [2.05, 4.69) is 5.32 Å². The van der Waals surface area contributed by atoms with Crippen LogP contribution in [-0.2, 0) is 26.2 Å². The van der Waals surface area contributed by atoms with E-state index in [0.29, 0.717) is 22.0 Å². The summed E-state index contributed by atoms with van der Waals surface area (Å²) in [5, 5.41) is 3.56. The number of hydrogen-bond donors (Lipinski definition) is 1. The summed E-state index contributed by atoms with van der Waals surface area (Å²) in [7, 11) is -4.25. The first kappa shape index (κ1) is 31.4. The van der Waals surface area contributed by atoms with E-state index < -0.39 is 40.2 Å². The Labute approximate surface area is 244 Å². The summed E-state index contributed by atoms with van der Waals surface area (Å²) in [5.41, 5.74) is 1.48. The highest BCUT2D eigenvalue weighted by atomic mass is 35.5. The van der Waals surface area contributed by atoms with Gasteiger partial charge in [0.1, 0.15) is 18.4 Å². The Balaban J connectivity index is 2.04. The number of nitrogens with one attached hydrogen (secondary N) is 1. The van der Waals surface area contributed by atoms with Crippen LogP contribution < -0.4 is 9.62 Å². The van der Waals surface area contributed by atoms with Crippen LogP contribution in [0.15, 0.2) is 71.6 Å². The highest BCUT2D eigenvalue weighted by molar-refractivity contribution is 7.92. The number of anilines is 1. The minimum Gasteiger partial charge on any atom is -0.352 e. The van der Waals surface area contributed by atoms with Crippen molar-refractivity contribution < 1.29 is 22.4 Å². The molecule has 0 aliphatic carbocycles. The summed E-state index contributed by atoms with van der Waals surface area (Å²) in [6.45, 7) is 6.43. The van der Waals surface area contributed by atoms with E-state index in [9.17, 15) is 22.4 Å². The lowest BCUT2D eigenvalue weighted by Crippen LogP contribution is -2.52. The molecule has 1 N–H and O–H groups in total. The second-order valence-electron chi connectivity index (χ2n) is 9.55. The molecule has 214 valence electrons. The molecule has 0 heterocycles. The van der Waals surface area contributed by atoms with Gasteiger partial charge < -0.3 is 10.2 Å². The second-order valence-corrected chi connectivity index (χ2v) is 12.3. The van der Waals surface area contributed by atoms with Crippen molar-refractivity contribution in [2.45, 2.75) is 57.6 Å². The molecule has 3 rings (SSSR count). The van der Waals surface area contributed by atoms with Crippen LogP contribution in [0, 0.1) is 12.7 Å². The molecule has 0 aromatic heterocycles. The minimum absolute atomic E-state index is 0.0370. The predicted octanol–water partition coefficient (Wildman–Crippen LogP) is 5.97. The normalized spacial score (nSPS) is 12.9. The first-order valence-electron chi connectivity index (χ1n) is 12.7. The van der Waals surface area contributed by atoms with Crippen molar-refractivity contribution in [1.29, 1.82) is 0 Å². The van der Waals surface area contributed by atoms with Crippen LogP contribution in [-0.4, -0.2) is 43.8 Å². The first-order valence-corrected chi connectivity index (χ1v) is 14.9. The second kappa shape index (κ2) is 13.5. The average molecular weight is 609 g/mol. The van der Waals surface area contributed by atoms with Crippen molar-refractivity contribution in [3.05, 3.63) is 93.7 Å². The van der Waals surface area contributed by atoms with Gasteiger partial charge in [-0.25, -0.2) is 12.8 Å². The summed E-state index contributed by atoms with van der Waals surface area (Å²) >= 11 is 12.4. The Hall–Kier alpha value is -3.14. The number of sulfonamides is 1. The largest absolute Gasteiger partial charge is 0.352 e. The maximum absolute atomic E-state index is 13.9. The number of amides is 2. The fraction of sp³-hybridized carbons (Fsp3) is 0.310. The van der Waals surface area contributed by atoms with Crippen molar-refractivity contribution in [2.75, 3.05) is 10.8 Å². The Kier molecular flexibility index (Phi) is 10.6. The topological polar surface area (TPSA) is 86.8 Å². The van der Waals surface area contributed by atoms with E-state index in [1.54, 1.807) is 31.2 Å². The van der Waals surface area contributed by atoms with E-state index in [1.165, 1.54) is 35.2 Å². The fourth-order valence-corrected chi connectivity index (χ4v) is 5.74. The lowest BCUT2D eigenvalue weighted by Gasteiger charge is -2.32. The predicted molar refractivity (Wildman–Crippen MR) is 156 cm³/mol. The van der Waals surface area contributed by atoms with Crippen LogP contribution in [0.3, 0.4) is 0 Å². The van der Waals surface area contributed by atoms with E-state index >= 15 is 0 Å². The highest BCUT2D eigenvalue weighted by Gasteiger charge is 2.33. The number of halogens is 3. The molecule has 11 heteroatoms. The number of benzene rings is 3. The van der Waals surface area contributed by atoms with E-state index in [4.69, 9.17) is 23.2 Å². The third-order valence-corrected chi connectivity index (χ3v) is 8.90. The molecule has 2 amide bonds. The van der Waals surface area contributed by atoms with Gasteiger partial charge in [-0.15, -0.1) is 0 Å². The molecule has 0 spiro atoms. The van der Waals surface area contributed by atoms with Gasteiger partial charge in [0.15, 0.2) is 0 Å². The first-order chi connectivity index (χ1) is 18.8. The molecular formula is C29H32Cl2FN3O4S. The zero-order valence-electron chi connectivity index (χ0n) is 22.7. The van der Waals surface area contributed by atoms with Crippen molar-refractivity contribution in [2.24, 2.45) is 0 Å². The van der Waals surface area contributed by atoms with Crippen LogP contribution in [0.25, 0.3) is 0 Å². The van der Waals surface area contributed by atoms with Crippen molar-refractivity contribution >= 4 is 50.7 Å². The van der Waals surface area contributed by atoms with Gasteiger partial charge in [0.25, 0.3) is 10.0 Å². The third-order valence-electron chi connectivity index (χ3n) is 6.53. The summed E-state index contributed by atoms with van der Waals surface area (Å²) in [6.07, 6.45) is 0.683. The van der Waals surface area contributed by atoms with Crippen molar-refractivity contribution in [3.63, 3.8) is 0 Å². The van der Waals surface area contributed by atoms with Gasteiger partial charge in [0.2, 0.25) is 11.8 Å². The Morgan fingerprint density at radius 1 is 0.975 bits per heavy atom. The number of hydrogen-bond acceptors (Lipinski definition) is 4. The number of carbonyl (C=O) groups excluding carboxylic acids is 2. The zero-order valence-corrected chi connectivity index (χ0v) is 25.0. The van der Waals surface area contributed by atoms with Crippen LogP contribution in [0.2, 0.25) is 10.0 Å². The molecule has 0 aliphatic heterocycles. The van der Waals surface area contributed by atoms with Crippen molar-refractivity contribution in [1.82, 2.24) is 10.2 Å². The molecule has 0 fully saturated rings. The SMILES string of the molecule is CC[C@@H](C)NC(=O)[C@H](C)N(Cc1ccc(Cl)cc1Cl)C(=O)CN(c1ccc(F)cc1)S(=O)(=O)c1ccc(C)cc1. The molecule has 0 unspecified atom stereocenters. The molecular weight excluding hydrogens is 576 g/mol. The zero-order chi connectivity index (χ0) is 29.6. The van der Waals surface area contributed by atoms with Crippen LogP contribution in [0.5, 0.6) is 0 Å². The molecule has 2 atom stereocenters. The molecule has 0 aliphatic rings. The quantitative estimate of drug-likeness (QED) is 0.291. The molecule has 0 saturated carbocycles. The lowest BCUT2D eigenvalue weighted by molar-refractivity contribution is -0.139. The van der Waals surface area contributed by atoms with Gasteiger partial charge >= 0.3 is 0 Å².